The summed E-state index contributed by atoms with van der Waals surface area (Å²) in [4.78, 5) is 6.13. The van der Waals surface area contributed by atoms with Gasteiger partial charge in [0.15, 0.2) is 9.84 Å². The van der Waals surface area contributed by atoms with Crippen molar-refractivity contribution < 1.29 is 8.42 Å². The Hall–Kier alpha value is -0.430. The molecule has 3 aliphatic rings. The predicted octanol–water partition coefficient (Wildman–Crippen LogP) is 1.83. The van der Waals surface area contributed by atoms with E-state index in [1.807, 2.05) is 0 Å². The van der Waals surface area contributed by atoms with E-state index in [1.165, 1.54) is 17.7 Å². The van der Waals surface area contributed by atoms with Crippen molar-refractivity contribution in [3.8, 4) is 0 Å². The lowest BCUT2D eigenvalue weighted by atomic mass is 9.83. The van der Waals surface area contributed by atoms with Crippen LogP contribution in [-0.4, -0.2) is 61.4 Å². The molecule has 1 aromatic rings. The monoisotopic (exact) mass is 340 g/mol. The van der Waals surface area contributed by atoms with E-state index in [0.717, 1.165) is 45.7 Å². The molecule has 0 radical (unpaired) electrons. The van der Waals surface area contributed by atoms with Gasteiger partial charge in [0.05, 0.1) is 5.75 Å². The molecule has 1 unspecified atom stereocenters. The molecule has 4 heterocycles. The van der Waals surface area contributed by atoms with E-state index in [4.69, 9.17) is 0 Å². The van der Waals surface area contributed by atoms with Crippen LogP contribution in [0.2, 0.25) is 0 Å². The minimum absolute atomic E-state index is 0.343. The standard InChI is InChI=1S/C16H24N2O2S2/c19-22(20)9-5-14(10-17-6-1-2-7-17)16(22)12-18(13-16)11-15-4-3-8-21-15/h3-4,8,14H,1-2,5-7,9-13H2. The van der Waals surface area contributed by atoms with E-state index in [9.17, 15) is 8.42 Å². The second-order valence-electron chi connectivity index (χ2n) is 7.10. The summed E-state index contributed by atoms with van der Waals surface area (Å²) in [5.74, 6) is 0.744. The zero-order chi connectivity index (χ0) is 15.2. The molecule has 1 atom stereocenters. The molecular formula is C16H24N2O2S2. The van der Waals surface area contributed by atoms with Crippen molar-refractivity contribution in [3.05, 3.63) is 22.4 Å². The van der Waals surface area contributed by atoms with Crippen molar-refractivity contribution >= 4 is 21.2 Å². The average Bonchev–Trinajstić information content (AvgIpc) is 3.14. The first-order valence-electron chi connectivity index (χ1n) is 8.28. The van der Waals surface area contributed by atoms with Gasteiger partial charge in [0, 0.05) is 31.1 Å². The van der Waals surface area contributed by atoms with Crippen molar-refractivity contribution in [2.24, 2.45) is 5.92 Å². The van der Waals surface area contributed by atoms with E-state index < -0.39 is 14.6 Å². The lowest BCUT2D eigenvalue weighted by Crippen LogP contribution is -2.67. The molecule has 0 N–H and O–H groups in total. The minimum atomic E-state index is -2.92. The largest absolute Gasteiger partial charge is 0.303 e. The summed E-state index contributed by atoms with van der Waals surface area (Å²) in [6.07, 6.45) is 3.42. The van der Waals surface area contributed by atoms with Crippen LogP contribution in [0.25, 0.3) is 0 Å². The van der Waals surface area contributed by atoms with Gasteiger partial charge in [0.25, 0.3) is 0 Å². The zero-order valence-corrected chi connectivity index (χ0v) is 14.5. The molecule has 0 aliphatic carbocycles. The maximum atomic E-state index is 12.7. The normalized spacial score (nSPS) is 30.8. The molecule has 1 spiro atoms. The molecule has 22 heavy (non-hydrogen) atoms. The molecule has 3 aliphatic heterocycles. The number of likely N-dealkylation sites (tertiary alicyclic amines) is 2. The summed E-state index contributed by atoms with van der Waals surface area (Å²) in [5, 5.41) is 2.09. The number of rotatable bonds is 4. The van der Waals surface area contributed by atoms with Crippen molar-refractivity contribution in [2.45, 2.75) is 30.6 Å². The molecule has 3 fully saturated rings. The van der Waals surface area contributed by atoms with Crippen LogP contribution in [0, 0.1) is 5.92 Å². The summed E-state index contributed by atoms with van der Waals surface area (Å²) in [5.41, 5.74) is 0. The third kappa shape index (κ3) is 2.44. The van der Waals surface area contributed by atoms with Crippen molar-refractivity contribution in [1.82, 2.24) is 9.80 Å². The first-order valence-corrected chi connectivity index (χ1v) is 10.8. The Bertz CT molecular complexity index is 615. The highest BCUT2D eigenvalue weighted by molar-refractivity contribution is 7.93. The van der Waals surface area contributed by atoms with E-state index in [1.54, 1.807) is 11.3 Å². The molecule has 0 saturated carbocycles. The Morgan fingerprint density at radius 3 is 2.68 bits per heavy atom. The van der Waals surface area contributed by atoms with E-state index in [0.29, 0.717) is 11.7 Å². The van der Waals surface area contributed by atoms with Gasteiger partial charge in [0.1, 0.15) is 4.75 Å². The molecule has 122 valence electrons. The van der Waals surface area contributed by atoms with E-state index >= 15 is 0 Å². The topological polar surface area (TPSA) is 40.6 Å². The van der Waals surface area contributed by atoms with Gasteiger partial charge in [-0.25, -0.2) is 8.42 Å². The van der Waals surface area contributed by atoms with E-state index in [2.05, 4.69) is 27.3 Å². The molecule has 4 rings (SSSR count). The summed E-state index contributed by atoms with van der Waals surface area (Å²) >= 11 is 1.76. The fourth-order valence-electron chi connectivity index (χ4n) is 4.45. The lowest BCUT2D eigenvalue weighted by molar-refractivity contribution is 0.0662. The van der Waals surface area contributed by atoms with Gasteiger partial charge in [0.2, 0.25) is 0 Å². The highest BCUT2D eigenvalue weighted by atomic mass is 32.2. The fourth-order valence-corrected chi connectivity index (χ4v) is 7.66. The SMILES string of the molecule is O=S1(=O)CCC(CN2CCCC2)C12CN(Cc1cccs1)C2. The first kappa shape index (κ1) is 15.1. The van der Waals surface area contributed by atoms with Crippen molar-refractivity contribution in [1.29, 1.82) is 0 Å². The summed E-state index contributed by atoms with van der Waals surface area (Å²) in [6, 6.07) is 4.21. The Kier molecular flexibility index (Phi) is 3.84. The van der Waals surface area contributed by atoms with Gasteiger partial charge in [-0.15, -0.1) is 11.3 Å². The second kappa shape index (κ2) is 5.58. The molecule has 1 aromatic heterocycles. The quantitative estimate of drug-likeness (QED) is 0.838. The van der Waals surface area contributed by atoms with Gasteiger partial charge in [-0.1, -0.05) is 6.07 Å². The van der Waals surface area contributed by atoms with Crippen LogP contribution in [0.3, 0.4) is 0 Å². The Balaban J connectivity index is 1.45. The van der Waals surface area contributed by atoms with Crippen LogP contribution >= 0.6 is 11.3 Å². The van der Waals surface area contributed by atoms with Gasteiger partial charge >= 0.3 is 0 Å². The molecule has 6 heteroatoms. The van der Waals surface area contributed by atoms with Gasteiger partial charge in [-0.3, -0.25) is 4.90 Å². The fraction of sp³-hybridized carbons (Fsp3) is 0.750. The maximum absolute atomic E-state index is 12.7. The van der Waals surface area contributed by atoms with Gasteiger partial charge in [-0.05, 0) is 49.7 Å². The number of sulfone groups is 1. The highest BCUT2D eigenvalue weighted by Gasteiger charge is 2.61. The number of hydrogen-bond acceptors (Lipinski definition) is 5. The van der Waals surface area contributed by atoms with Crippen molar-refractivity contribution in [3.63, 3.8) is 0 Å². The first-order chi connectivity index (χ1) is 10.6. The summed E-state index contributed by atoms with van der Waals surface area (Å²) in [6.45, 7) is 5.70. The summed E-state index contributed by atoms with van der Waals surface area (Å²) in [7, 11) is -2.92. The third-order valence-corrected chi connectivity index (χ3v) is 9.18. The highest BCUT2D eigenvalue weighted by Crippen LogP contribution is 2.45. The van der Waals surface area contributed by atoms with Crippen LogP contribution < -0.4 is 0 Å². The van der Waals surface area contributed by atoms with Gasteiger partial charge in [-0.2, -0.15) is 0 Å². The zero-order valence-electron chi connectivity index (χ0n) is 12.9. The Labute approximate surface area is 137 Å². The number of thiophene rings is 1. The van der Waals surface area contributed by atoms with Crippen LogP contribution in [-0.2, 0) is 16.4 Å². The van der Waals surface area contributed by atoms with E-state index in [-0.39, 0.29) is 0 Å². The van der Waals surface area contributed by atoms with Crippen LogP contribution in [0.5, 0.6) is 0 Å². The Morgan fingerprint density at radius 2 is 2.00 bits per heavy atom. The molecular weight excluding hydrogens is 316 g/mol. The molecule has 0 bridgehead atoms. The van der Waals surface area contributed by atoms with Gasteiger partial charge < -0.3 is 4.90 Å². The van der Waals surface area contributed by atoms with Crippen molar-refractivity contribution in [2.75, 3.05) is 38.5 Å². The summed E-state index contributed by atoms with van der Waals surface area (Å²) < 4.78 is 24.9. The van der Waals surface area contributed by atoms with Crippen LogP contribution in [0.15, 0.2) is 17.5 Å². The predicted molar refractivity (Wildman–Crippen MR) is 89.9 cm³/mol. The number of nitrogens with zero attached hydrogens (tertiary/aromatic N) is 2. The van der Waals surface area contributed by atoms with Crippen LogP contribution in [0.1, 0.15) is 24.1 Å². The Morgan fingerprint density at radius 1 is 1.23 bits per heavy atom. The average molecular weight is 341 g/mol. The third-order valence-electron chi connectivity index (χ3n) is 5.72. The second-order valence-corrected chi connectivity index (χ2v) is 10.6. The molecule has 0 aromatic carbocycles. The molecule has 0 amide bonds. The lowest BCUT2D eigenvalue weighted by Gasteiger charge is -2.50. The minimum Gasteiger partial charge on any atom is -0.303 e. The molecule has 3 saturated heterocycles. The van der Waals surface area contributed by atoms with Crippen LogP contribution in [0.4, 0.5) is 0 Å². The molecule has 4 nitrogen and oxygen atoms in total. The smallest absolute Gasteiger partial charge is 0.158 e. The maximum Gasteiger partial charge on any atom is 0.158 e. The number of hydrogen-bond donors (Lipinski definition) is 0.